The van der Waals surface area contributed by atoms with Gasteiger partial charge in [0.25, 0.3) is 0 Å². The number of rotatable bonds is 5. The Kier molecular flexibility index (Phi) is 4.55. The van der Waals surface area contributed by atoms with Gasteiger partial charge in [-0.05, 0) is 24.7 Å². The molecule has 0 saturated heterocycles. The first-order chi connectivity index (χ1) is 7.56. The maximum atomic E-state index is 13.3. The number of Topliss-reactive ketones (excluding diaryl/α,β-unsaturated/α-hetero) is 1. The summed E-state index contributed by atoms with van der Waals surface area (Å²) in [5, 5.41) is 3.00. The van der Waals surface area contributed by atoms with Gasteiger partial charge >= 0.3 is 0 Å². The molecule has 0 amide bonds. The molecule has 0 aliphatic rings. The fourth-order valence-corrected chi connectivity index (χ4v) is 1.41. The van der Waals surface area contributed by atoms with Crippen LogP contribution in [0.3, 0.4) is 0 Å². The zero-order valence-electron chi connectivity index (χ0n) is 9.39. The molecule has 1 aromatic rings. The molecule has 88 valence electrons. The van der Waals surface area contributed by atoms with Crippen LogP contribution in [0, 0.1) is 17.6 Å². The van der Waals surface area contributed by atoms with E-state index in [0.29, 0.717) is 6.54 Å². The highest BCUT2D eigenvalue weighted by Crippen LogP contribution is 2.14. The molecule has 0 saturated carbocycles. The lowest BCUT2D eigenvalue weighted by Gasteiger charge is -2.11. The van der Waals surface area contributed by atoms with Gasteiger partial charge in [0.1, 0.15) is 11.6 Å². The van der Waals surface area contributed by atoms with Crippen LogP contribution in [0.4, 0.5) is 8.78 Å². The van der Waals surface area contributed by atoms with Crippen LogP contribution >= 0.6 is 0 Å². The van der Waals surface area contributed by atoms with Gasteiger partial charge in [-0.1, -0.05) is 13.8 Å². The molecule has 4 heteroatoms. The fraction of sp³-hybridized carbons (Fsp3) is 0.417. The van der Waals surface area contributed by atoms with E-state index in [4.69, 9.17) is 0 Å². The number of carbonyl (C=O) groups is 1. The average molecular weight is 227 g/mol. The van der Waals surface area contributed by atoms with Crippen LogP contribution in [0.25, 0.3) is 0 Å². The molecule has 1 aromatic carbocycles. The molecule has 0 aliphatic carbocycles. The van der Waals surface area contributed by atoms with E-state index in [9.17, 15) is 13.6 Å². The van der Waals surface area contributed by atoms with Crippen LogP contribution < -0.4 is 5.32 Å². The van der Waals surface area contributed by atoms with E-state index in [-0.39, 0.29) is 17.3 Å². The molecular formula is C12H15F2NO. The van der Waals surface area contributed by atoms with Crippen molar-refractivity contribution in [1.29, 1.82) is 0 Å². The molecule has 1 atom stereocenters. The molecule has 16 heavy (non-hydrogen) atoms. The van der Waals surface area contributed by atoms with Gasteiger partial charge in [-0.2, -0.15) is 0 Å². The Morgan fingerprint density at radius 3 is 2.75 bits per heavy atom. The third kappa shape index (κ3) is 3.10. The van der Waals surface area contributed by atoms with Gasteiger partial charge < -0.3 is 5.32 Å². The second-order valence-corrected chi connectivity index (χ2v) is 3.70. The standard InChI is InChI=1S/C12H15F2NO/c1-3-15-7-8(2)12(16)10-6-9(13)4-5-11(10)14/h4-6,8,15H,3,7H2,1-2H3. The Morgan fingerprint density at radius 2 is 2.12 bits per heavy atom. The van der Waals surface area contributed by atoms with Gasteiger partial charge in [0.15, 0.2) is 5.78 Å². The maximum absolute atomic E-state index is 13.3. The first kappa shape index (κ1) is 12.8. The predicted octanol–water partition coefficient (Wildman–Crippen LogP) is 2.39. The highest BCUT2D eigenvalue weighted by molar-refractivity contribution is 5.98. The van der Waals surface area contributed by atoms with Crippen LogP contribution in [0.5, 0.6) is 0 Å². The summed E-state index contributed by atoms with van der Waals surface area (Å²) >= 11 is 0. The second kappa shape index (κ2) is 5.70. The summed E-state index contributed by atoms with van der Waals surface area (Å²) in [6.45, 7) is 4.81. The van der Waals surface area contributed by atoms with Crippen molar-refractivity contribution < 1.29 is 13.6 Å². The summed E-state index contributed by atoms with van der Waals surface area (Å²) in [7, 11) is 0. The van der Waals surface area contributed by atoms with E-state index >= 15 is 0 Å². The number of benzene rings is 1. The molecule has 0 aromatic heterocycles. The normalized spacial score (nSPS) is 12.5. The molecular weight excluding hydrogens is 212 g/mol. The van der Waals surface area contributed by atoms with E-state index in [1.807, 2.05) is 6.92 Å². The lowest BCUT2D eigenvalue weighted by atomic mass is 9.99. The van der Waals surface area contributed by atoms with Gasteiger partial charge in [0, 0.05) is 12.5 Å². The van der Waals surface area contributed by atoms with E-state index in [2.05, 4.69) is 5.32 Å². The monoisotopic (exact) mass is 227 g/mol. The largest absolute Gasteiger partial charge is 0.316 e. The zero-order chi connectivity index (χ0) is 12.1. The molecule has 2 nitrogen and oxygen atoms in total. The smallest absolute Gasteiger partial charge is 0.169 e. The Hall–Kier alpha value is -1.29. The van der Waals surface area contributed by atoms with Crippen LogP contribution in [0.15, 0.2) is 18.2 Å². The van der Waals surface area contributed by atoms with Gasteiger partial charge in [0.05, 0.1) is 5.56 Å². The minimum Gasteiger partial charge on any atom is -0.316 e. The Balaban J connectivity index is 2.83. The molecule has 1 rings (SSSR count). The van der Waals surface area contributed by atoms with E-state index < -0.39 is 11.6 Å². The third-order valence-corrected chi connectivity index (χ3v) is 2.34. The number of ketones is 1. The minimum atomic E-state index is -0.672. The van der Waals surface area contributed by atoms with Crippen molar-refractivity contribution in [2.45, 2.75) is 13.8 Å². The highest BCUT2D eigenvalue weighted by atomic mass is 19.1. The van der Waals surface area contributed by atoms with Crippen molar-refractivity contribution in [3.05, 3.63) is 35.4 Å². The quantitative estimate of drug-likeness (QED) is 0.782. The molecule has 0 aliphatic heterocycles. The molecule has 1 N–H and O–H groups in total. The van der Waals surface area contributed by atoms with E-state index in [0.717, 1.165) is 24.7 Å². The number of nitrogens with one attached hydrogen (secondary N) is 1. The summed E-state index contributed by atoms with van der Waals surface area (Å²) in [5.41, 5.74) is -0.176. The molecule has 0 spiro atoms. The van der Waals surface area contributed by atoms with Crippen molar-refractivity contribution in [2.24, 2.45) is 5.92 Å². The Labute approximate surface area is 93.7 Å². The zero-order valence-corrected chi connectivity index (χ0v) is 9.39. The molecule has 0 heterocycles. The molecule has 0 fully saturated rings. The van der Waals surface area contributed by atoms with Crippen LogP contribution in [0.2, 0.25) is 0 Å². The second-order valence-electron chi connectivity index (χ2n) is 3.70. The van der Waals surface area contributed by atoms with E-state index in [1.54, 1.807) is 6.92 Å². The first-order valence-corrected chi connectivity index (χ1v) is 5.26. The molecule has 0 bridgehead atoms. The fourth-order valence-electron chi connectivity index (χ4n) is 1.41. The van der Waals surface area contributed by atoms with Crippen molar-refractivity contribution >= 4 is 5.78 Å². The van der Waals surface area contributed by atoms with Gasteiger partial charge in [0.2, 0.25) is 0 Å². The van der Waals surface area contributed by atoms with Crippen LogP contribution in [-0.4, -0.2) is 18.9 Å². The lowest BCUT2D eigenvalue weighted by Crippen LogP contribution is -2.27. The molecule has 1 unspecified atom stereocenters. The van der Waals surface area contributed by atoms with E-state index in [1.165, 1.54) is 0 Å². The highest BCUT2D eigenvalue weighted by Gasteiger charge is 2.18. The Bertz CT molecular complexity index is 379. The minimum absolute atomic E-state index is 0.176. The predicted molar refractivity (Wildman–Crippen MR) is 58.4 cm³/mol. The van der Waals surface area contributed by atoms with Crippen molar-refractivity contribution in [2.75, 3.05) is 13.1 Å². The SMILES string of the molecule is CCNCC(C)C(=O)c1cc(F)ccc1F. The third-order valence-electron chi connectivity index (χ3n) is 2.34. The summed E-state index contributed by atoms with van der Waals surface area (Å²) in [5.74, 6) is -2.01. The number of halogens is 2. The maximum Gasteiger partial charge on any atom is 0.169 e. The van der Waals surface area contributed by atoms with Crippen molar-refractivity contribution in [3.63, 3.8) is 0 Å². The number of hydrogen-bond acceptors (Lipinski definition) is 2. The van der Waals surface area contributed by atoms with Gasteiger partial charge in [-0.25, -0.2) is 8.78 Å². The lowest BCUT2D eigenvalue weighted by molar-refractivity contribution is 0.0924. The van der Waals surface area contributed by atoms with Crippen molar-refractivity contribution in [1.82, 2.24) is 5.32 Å². The summed E-state index contributed by atoms with van der Waals surface area (Å²) in [6, 6.07) is 2.92. The molecule has 0 radical (unpaired) electrons. The van der Waals surface area contributed by atoms with Crippen molar-refractivity contribution in [3.8, 4) is 0 Å². The Morgan fingerprint density at radius 1 is 1.44 bits per heavy atom. The summed E-state index contributed by atoms with van der Waals surface area (Å²) in [6.07, 6.45) is 0. The van der Waals surface area contributed by atoms with Crippen LogP contribution in [-0.2, 0) is 0 Å². The summed E-state index contributed by atoms with van der Waals surface area (Å²) < 4.78 is 26.2. The average Bonchev–Trinajstić information content (AvgIpc) is 2.28. The van der Waals surface area contributed by atoms with Crippen LogP contribution in [0.1, 0.15) is 24.2 Å². The topological polar surface area (TPSA) is 29.1 Å². The van der Waals surface area contributed by atoms with Gasteiger partial charge in [-0.3, -0.25) is 4.79 Å². The number of hydrogen-bond donors (Lipinski definition) is 1. The van der Waals surface area contributed by atoms with Gasteiger partial charge in [-0.15, -0.1) is 0 Å². The number of carbonyl (C=O) groups excluding carboxylic acids is 1. The summed E-state index contributed by atoms with van der Waals surface area (Å²) in [4.78, 5) is 11.8. The first-order valence-electron chi connectivity index (χ1n) is 5.26.